The summed E-state index contributed by atoms with van der Waals surface area (Å²) < 4.78 is 20.8. The van der Waals surface area contributed by atoms with Gasteiger partial charge in [0.2, 0.25) is 0 Å². The number of carboxylic acid groups (broad SMARTS) is 1. The smallest absolute Gasteiger partial charge is 0.337 e. The molecule has 0 bridgehead atoms. The highest BCUT2D eigenvalue weighted by Crippen LogP contribution is 2.50. The van der Waals surface area contributed by atoms with Crippen LogP contribution in [0.1, 0.15) is 96.9 Å². The van der Waals surface area contributed by atoms with Gasteiger partial charge in [-0.15, -0.1) is 0 Å². The lowest BCUT2D eigenvalue weighted by atomic mass is 9.63. The Balaban J connectivity index is 1.67. The van der Waals surface area contributed by atoms with Crippen LogP contribution in [0.3, 0.4) is 0 Å². The zero-order valence-electron chi connectivity index (χ0n) is 25.1. The van der Waals surface area contributed by atoms with Gasteiger partial charge in [0.25, 0.3) is 0 Å². The molecule has 7 nitrogen and oxygen atoms in total. The molecule has 1 atom stereocenters. The SMILES string of the molecule is CC1(C)CCN(c2c(-c3cncc(F)c3)c(CN3CCC4(CCC4)CC3)nc(Cl)c2C(OC(C)(C)C)C(=O)O)CC1. The summed E-state index contributed by atoms with van der Waals surface area (Å²) in [6.45, 7) is 13.9. The number of ether oxygens (including phenoxy) is 1. The van der Waals surface area contributed by atoms with Crippen LogP contribution < -0.4 is 4.90 Å². The van der Waals surface area contributed by atoms with Gasteiger partial charge in [-0.2, -0.15) is 0 Å². The maximum Gasteiger partial charge on any atom is 0.337 e. The molecule has 1 unspecified atom stereocenters. The van der Waals surface area contributed by atoms with Gasteiger partial charge in [-0.1, -0.05) is 31.9 Å². The zero-order valence-corrected chi connectivity index (χ0v) is 25.9. The molecule has 0 aromatic carbocycles. The van der Waals surface area contributed by atoms with Crippen molar-refractivity contribution < 1.29 is 19.0 Å². The Labute approximate surface area is 248 Å². The standard InChI is InChI=1S/C32H44ClFN4O3/c1-30(2,3)41-27(29(39)40)25-26(38-15-9-31(4,5)10-16-38)24(21-17-22(34)19-35-18-21)23(36-28(25)33)20-37-13-11-32(12-14-37)7-6-8-32/h17-19,27H,6-16,20H2,1-5H3,(H,39,40). The Morgan fingerprint density at radius 3 is 2.29 bits per heavy atom. The highest BCUT2D eigenvalue weighted by Gasteiger charge is 2.41. The molecule has 4 heterocycles. The van der Waals surface area contributed by atoms with E-state index in [2.05, 4.69) is 28.6 Å². The van der Waals surface area contributed by atoms with Gasteiger partial charge in [-0.05, 0) is 89.3 Å². The number of piperidine rings is 2. The molecule has 2 aromatic heterocycles. The molecule has 0 amide bonds. The van der Waals surface area contributed by atoms with Gasteiger partial charge in [0.15, 0.2) is 6.10 Å². The highest BCUT2D eigenvalue weighted by molar-refractivity contribution is 6.31. The molecule has 2 aliphatic heterocycles. The van der Waals surface area contributed by atoms with Crippen molar-refractivity contribution in [2.45, 2.75) is 97.8 Å². The van der Waals surface area contributed by atoms with E-state index in [1.165, 1.54) is 44.4 Å². The van der Waals surface area contributed by atoms with Gasteiger partial charge in [-0.25, -0.2) is 14.2 Å². The third kappa shape index (κ3) is 6.70. The van der Waals surface area contributed by atoms with Crippen LogP contribution in [0, 0.1) is 16.6 Å². The minimum atomic E-state index is -1.34. The quantitative estimate of drug-likeness (QED) is 0.342. The first kappa shape index (κ1) is 30.2. The average molecular weight is 587 g/mol. The van der Waals surface area contributed by atoms with E-state index in [1.807, 2.05) is 20.8 Å². The third-order valence-corrected chi connectivity index (χ3v) is 9.61. The summed E-state index contributed by atoms with van der Waals surface area (Å²) in [6.07, 6.45) is 9.63. The van der Waals surface area contributed by atoms with Crippen LogP contribution in [0.5, 0.6) is 0 Å². The Morgan fingerprint density at radius 1 is 1.10 bits per heavy atom. The molecule has 1 spiro atoms. The predicted octanol–water partition coefficient (Wildman–Crippen LogP) is 7.27. The van der Waals surface area contributed by atoms with Crippen LogP contribution in [-0.2, 0) is 16.1 Å². The maximum absolute atomic E-state index is 14.7. The van der Waals surface area contributed by atoms with Crippen molar-refractivity contribution in [3.8, 4) is 11.1 Å². The van der Waals surface area contributed by atoms with Crippen molar-refractivity contribution in [3.63, 3.8) is 0 Å². The van der Waals surface area contributed by atoms with E-state index < -0.39 is 23.5 Å². The lowest BCUT2D eigenvalue weighted by Gasteiger charge is -2.48. The number of halogens is 2. The van der Waals surface area contributed by atoms with Gasteiger partial charge in [0.05, 0.1) is 28.7 Å². The molecule has 1 aliphatic carbocycles. The highest BCUT2D eigenvalue weighted by atomic mass is 35.5. The Bertz CT molecular complexity index is 1270. The van der Waals surface area contributed by atoms with Crippen molar-refractivity contribution in [1.29, 1.82) is 0 Å². The molecule has 1 N–H and O–H groups in total. The number of aliphatic carboxylic acids is 1. The fourth-order valence-corrected chi connectivity index (χ4v) is 6.92. The predicted molar refractivity (Wildman–Crippen MR) is 160 cm³/mol. The Morgan fingerprint density at radius 2 is 1.76 bits per heavy atom. The summed E-state index contributed by atoms with van der Waals surface area (Å²) in [4.78, 5) is 26.4. The topological polar surface area (TPSA) is 78.8 Å². The first-order valence-electron chi connectivity index (χ1n) is 15.0. The second-order valence-electron chi connectivity index (χ2n) is 14.1. The van der Waals surface area contributed by atoms with E-state index in [-0.39, 0.29) is 10.6 Å². The number of hydrogen-bond acceptors (Lipinski definition) is 6. The van der Waals surface area contributed by atoms with E-state index in [4.69, 9.17) is 21.3 Å². The van der Waals surface area contributed by atoms with Crippen LogP contribution >= 0.6 is 11.6 Å². The van der Waals surface area contributed by atoms with Gasteiger partial charge in [0.1, 0.15) is 11.0 Å². The van der Waals surface area contributed by atoms with Gasteiger partial charge < -0.3 is 14.7 Å². The molecule has 9 heteroatoms. The summed E-state index contributed by atoms with van der Waals surface area (Å²) in [7, 11) is 0. The number of pyridine rings is 2. The molecule has 0 radical (unpaired) electrons. The number of aromatic nitrogens is 2. The normalized spacial score (nSPS) is 21.5. The van der Waals surface area contributed by atoms with E-state index in [0.29, 0.717) is 47.4 Å². The van der Waals surface area contributed by atoms with Gasteiger partial charge in [0, 0.05) is 37.0 Å². The van der Waals surface area contributed by atoms with E-state index in [0.717, 1.165) is 31.6 Å². The lowest BCUT2D eigenvalue weighted by Crippen LogP contribution is -2.43. The lowest BCUT2D eigenvalue weighted by molar-refractivity contribution is -0.160. The fraction of sp³-hybridized carbons (Fsp3) is 0.656. The summed E-state index contributed by atoms with van der Waals surface area (Å²) in [5.41, 5.74) is 2.90. The number of carboxylic acids is 1. The molecule has 1 saturated carbocycles. The van der Waals surface area contributed by atoms with Crippen LogP contribution in [-0.4, -0.2) is 57.7 Å². The van der Waals surface area contributed by atoms with Crippen LogP contribution in [0.2, 0.25) is 5.15 Å². The second kappa shape index (κ2) is 11.4. The fourth-order valence-electron chi connectivity index (χ4n) is 6.63. The Hall–Kier alpha value is -2.29. The second-order valence-corrected chi connectivity index (χ2v) is 14.5. The zero-order chi connectivity index (χ0) is 29.6. The molecule has 2 saturated heterocycles. The monoisotopic (exact) mass is 586 g/mol. The van der Waals surface area contributed by atoms with Crippen LogP contribution in [0.25, 0.3) is 11.1 Å². The average Bonchev–Trinajstić information content (AvgIpc) is 2.86. The molecule has 3 aliphatic rings. The summed E-state index contributed by atoms with van der Waals surface area (Å²) >= 11 is 6.97. The molecule has 3 fully saturated rings. The summed E-state index contributed by atoms with van der Waals surface area (Å²) in [5, 5.41) is 10.5. The van der Waals surface area contributed by atoms with Crippen molar-refractivity contribution in [1.82, 2.24) is 14.9 Å². The summed E-state index contributed by atoms with van der Waals surface area (Å²) in [5.74, 6) is -1.60. The minimum Gasteiger partial charge on any atom is -0.479 e. The van der Waals surface area contributed by atoms with Crippen molar-refractivity contribution in [2.75, 3.05) is 31.1 Å². The first-order valence-corrected chi connectivity index (χ1v) is 15.3. The van der Waals surface area contributed by atoms with Gasteiger partial charge >= 0.3 is 5.97 Å². The number of nitrogens with zero attached hydrogens (tertiary/aromatic N) is 4. The molecular formula is C32H44ClFN4O3. The minimum absolute atomic E-state index is 0.122. The van der Waals surface area contributed by atoms with Crippen molar-refractivity contribution in [2.24, 2.45) is 10.8 Å². The number of likely N-dealkylation sites (tertiary alicyclic amines) is 1. The maximum atomic E-state index is 14.7. The van der Waals surface area contributed by atoms with Crippen molar-refractivity contribution >= 4 is 23.3 Å². The number of hydrogen-bond donors (Lipinski definition) is 1. The van der Waals surface area contributed by atoms with E-state index in [1.54, 1.807) is 6.20 Å². The number of rotatable bonds is 7. The molecule has 41 heavy (non-hydrogen) atoms. The number of carbonyl (C=O) groups is 1. The number of anilines is 1. The van der Waals surface area contributed by atoms with Crippen molar-refractivity contribution in [3.05, 3.63) is 40.7 Å². The third-order valence-electron chi connectivity index (χ3n) is 9.32. The molecular weight excluding hydrogens is 543 g/mol. The first-order chi connectivity index (χ1) is 19.3. The summed E-state index contributed by atoms with van der Waals surface area (Å²) in [6, 6.07) is 1.46. The van der Waals surface area contributed by atoms with E-state index >= 15 is 0 Å². The van der Waals surface area contributed by atoms with Crippen LogP contribution in [0.4, 0.5) is 10.1 Å². The van der Waals surface area contributed by atoms with Crippen LogP contribution in [0.15, 0.2) is 18.5 Å². The molecule has 5 rings (SSSR count). The molecule has 2 aromatic rings. The van der Waals surface area contributed by atoms with Gasteiger partial charge in [-0.3, -0.25) is 9.88 Å². The largest absolute Gasteiger partial charge is 0.479 e. The Kier molecular flexibility index (Phi) is 8.40. The van der Waals surface area contributed by atoms with E-state index in [9.17, 15) is 14.3 Å². The molecule has 224 valence electrons.